The SMILES string of the molecule is OC1Nc2ccccc2C=C1c1cnn(-c2ccccc2)c1. The quantitative estimate of drug-likeness (QED) is 0.762. The monoisotopic (exact) mass is 289 g/mol. The zero-order valence-electron chi connectivity index (χ0n) is 11.8. The molecule has 0 saturated carbocycles. The number of nitrogens with zero attached hydrogens (tertiary/aromatic N) is 2. The molecule has 2 aromatic carbocycles. The minimum atomic E-state index is -0.733. The summed E-state index contributed by atoms with van der Waals surface area (Å²) in [4.78, 5) is 0. The van der Waals surface area contributed by atoms with E-state index in [0.717, 1.165) is 28.1 Å². The molecule has 3 aromatic rings. The number of hydrogen-bond acceptors (Lipinski definition) is 3. The molecule has 0 amide bonds. The van der Waals surface area contributed by atoms with E-state index < -0.39 is 6.23 Å². The molecular formula is C18H15N3O. The van der Waals surface area contributed by atoms with Crippen molar-refractivity contribution in [2.24, 2.45) is 0 Å². The molecular weight excluding hydrogens is 274 g/mol. The number of nitrogens with one attached hydrogen (secondary N) is 1. The maximum atomic E-state index is 10.3. The molecule has 2 N–H and O–H groups in total. The number of para-hydroxylation sites is 2. The Morgan fingerprint density at radius 2 is 1.77 bits per heavy atom. The van der Waals surface area contributed by atoms with Crippen LogP contribution in [-0.4, -0.2) is 21.1 Å². The molecule has 22 heavy (non-hydrogen) atoms. The molecule has 1 aliphatic rings. The molecule has 0 radical (unpaired) electrons. The lowest BCUT2D eigenvalue weighted by molar-refractivity contribution is 0.261. The molecule has 1 aromatic heterocycles. The molecule has 0 saturated heterocycles. The summed E-state index contributed by atoms with van der Waals surface area (Å²) in [5.74, 6) is 0. The fourth-order valence-electron chi connectivity index (χ4n) is 2.66. The van der Waals surface area contributed by atoms with Crippen LogP contribution in [0.4, 0.5) is 5.69 Å². The molecule has 1 unspecified atom stereocenters. The van der Waals surface area contributed by atoms with Gasteiger partial charge in [-0.05, 0) is 29.8 Å². The van der Waals surface area contributed by atoms with Crippen molar-refractivity contribution in [3.63, 3.8) is 0 Å². The van der Waals surface area contributed by atoms with Crippen molar-refractivity contribution in [1.29, 1.82) is 0 Å². The smallest absolute Gasteiger partial charge is 0.151 e. The Bertz CT molecular complexity index is 836. The van der Waals surface area contributed by atoms with Gasteiger partial charge in [0, 0.05) is 23.0 Å². The van der Waals surface area contributed by atoms with Gasteiger partial charge in [-0.2, -0.15) is 5.10 Å². The molecule has 2 heterocycles. The predicted molar refractivity (Wildman–Crippen MR) is 87.5 cm³/mol. The van der Waals surface area contributed by atoms with Crippen molar-refractivity contribution in [2.75, 3.05) is 5.32 Å². The van der Waals surface area contributed by atoms with Crippen LogP contribution in [0.3, 0.4) is 0 Å². The van der Waals surface area contributed by atoms with Gasteiger partial charge in [-0.1, -0.05) is 36.4 Å². The van der Waals surface area contributed by atoms with Crippen LogP contribution in [0.15, 0.2) is 67.0 Å². The number of benzene rings is 2. The second kappa shape index (κ2) is 5.16. The van der Waals surface area contributed by atoms with Crippen LogP contribution in [-0.2, 0) is 0 Å². The molecule has 0 fully saturated rings. The number of fused-ring (bicyclic) bond motifs is 1. The van der Waals surface area contributed by atoms with E-state index in [1.165, 1.54) is 0 Å². The lowest BCUT2D eigenvalue weighted by atomic mass is 9.99. The Morgan fingerprint density at radius 3 is 2.64 bits per heavy atom. The van der Waals surface area contributed by atoms with Crippen molar-refractivity contribution in [3.05, 3.63) is 78.1 Å². The number of aromatic nitrogens is 2. The van der Waals surface area contributed by atoms with Crippen molar-refractivity contribution in [2.45, 2.75) is 6.23 Å². The van der Waals surface area contributed by atoms with Gasteiger partial charge in [0.05, 0.1) is 11.9 Å². The summed E-state index contributed by atoms with van der Waals surface area (Å²) < 4.78 is 1.81. The average Bonchev–Trinajstić information content (AvgIpc) is 3.05. The highest BCUT2D eigenvalue weighted by molar-refractivity contribution is 5.91. The van der Waals surface area contributed by atoms with Crippen LogP contribution in [0.25, 0.3) is 17.3 Å². The van der Waals surface area contributed by atoms with Gasteiger partial charge >= 0.3 is 0 Å². The highest BCUT2D eigenvalue weighted by Crippen LogP contribution is 2.31. The summed E-state index contributed by atoms with van der Waals surface area (Å²) in [6.45, 7) is 0. The lowest BCUT2D eigenvalue weighted by Gasteiger charge is -2.23. The van der Waals surface area contributed by atoms with Gasteiger partial charge in [0.25, 0.3) is 0 Å². The third-order valence-electron chi connectivity index (χ3n) is 3.80. The predicted octanol–water partition coefficient (Wildman–Crippen LogP) is 3.16. The van der Waals surface area contributed by atoms with E-state index in [0.29, 0.717) is 0 Å². The molecule has 0 spiro atoms. The standard InChI is InChI=1S/C18H15N3O/c22-18-16(10-13-6-4-5-9-17(13)20-18)14-11-19-21(12-14)15-7-2-1-3-8-15/h1-12,18,20,22H. The zero-order chi connectivity index (χ0) is 14.9. The van der Waals surface area contributed by atoms with E-state index in [9.17, 15) is 5.11 Å². The highest BCUT2D eigenvalue weighted by atomic mass is 16.3. The van der Waals surface area contributed by atoms with Crippen molar-refractivity contribution in [3.8, 4) is 5.69 Å². The van der Waals surface area contributed by atoms with Crippen LogP contribution in [0.2, 0.25) is 0 Å². The fraction of sp³-hybridized carbons (Fsp3) is 0.0556. The molecule has 1 atom stereocenters. The molecule has 4 heteroatoms. The molecule has 0 bridgehead atoms. The van der Waals surface area contributed by atoms with E-state index in [1.807, 2.05) is 71.6 Å². The molecule has 1 aliphatic heterocycles. The van der Waals surface area contributed by atoms with E-state index in [1.54, 1.807) is 6.20 Å². The van der Waals surface area contributed by atoms with Crippen LogP contribution >= 0.6 is 0 Å². The van der Waals surface area contributed by atoms with Crippen molar-refractivity contribution < 1.29 is 5.11 Å². The summed E-state index contributed by atoms with van der Waals surface area (Å²) in [5, 5.41) is 17.8. The molecule has 108 valence electrons. The second-order valence-electron chi connectivity index (χ2n) is 5.24. The van der Waals surface area contributed by atoms with Crippen molar-refractivity contribution in [1.82, 2.24) is 9.78 Å². The largest absolute Gasteiger partial charge is 0.369 e. The Balaban J connectivity index is 1.74. The molecule has 4 nitrogen and oxygen atoms in total. The zero-order valence-corrected chi connectivity index (χ0v) is 11.8. The maximum absolute atomic E-state index is 10.3. The number of hydrogen-bond donors (Lipinski definition) is 2. The summed E-state index contributed by atoms with van der Waals surface area (Å²) in [5.41, 5.74) is 4.72. The summed E-state index contributed by atoms with van der Waals surface area (Å²) >= 11 is 0. The first-order valence-corrected chi connectivity index (χ1v) is 7.17. The Kier molecular flexibility index (Phi) is 3.02. The first-order valence-electron chi connectivity index (χ1n) is 7.17. The minimum Gasteiger partial charge on any atom is -0.369 e. The summed E-state index contributed by atoms with van der Waals surface area (Å²) in [6, 6.07) is 17.8. The molecule has 4 rings (SSSR count). The average molecular weight is 289 g/mol. The summed E-state index contributed by atoms with van der Waals surface area (Å²) in [6.07, 6.45) is 4.98. The highest BCUT2D eigenvalue weighted by Gasteiger charge is 2.20. The van der Waals surface area contributed by atoms with E-state index in [2.05, 4.69) is 10.4 Å². The maximum Gasteiger partial charge on any atom is 0.151 e. The first kappa shape index (κ1) is 12.9. The second-order valence-corrected chi connectivity index (χ2v) is 5.24. The fourth-order valence-corrected chi connectivity index (χ4v) is 2.66. The number of aliphatic hydroxyl groups is 1. The Labute approximate surface area is 128 Å². The van der Waals surface area contributed by atoms with Gasteiger partial charge in [0.2, 0.25) is 0 Å². The van der Waals surface area contributed by atoms with Gasteiger partial charge in [-0.3, -0.25) is 0 Å². The van der Waals surface area contributed by atoms with Gasteiger partial charge in [-0.15, -0.1) is 0 Å². The van der Waals surface area contributed by atoms with E-state index >= 15 is 0 Å². The van der Waals surface area contributed by atoms with Gasteiger partial charge in [0.1, 0.15) is 0 Å². The number of rotatable bonds is 2. The van der Waals surface area contributed by atoms with Crippen LogP contribution < -0.4 is 5.32 Å². The first-order chi connectivity index (χ1) is 10.8. The number of anilines is 1. The lowest BCUT2D eigenvalue weighted by Crippen LogP contribution is -2.23. The third-order valence-corrected chi connectivity index (χ3v) is 3.80. The third kappa shape index (κ3) is 2.19. The van der Waals surface area contributed by atoms with Gasteiger partial charge in [-0.25, -0.2) is 4.68 Å². The normalized spacial score (nSPS) is 16.6. The van der Waals surface area contributed by atoms with Crippen LogP contribution in [0.1, 0.15) is 11.1 Å². The Morgan fingerprint density at radius 1 is 1.00 bits per heavy atom. The summed E-state index contributed by atoms with van der Waals surface area (Å²) in [7, 11) is 0. The molecule has 0 aliphatic carbocycles. The van der Waals surface area contributed by atoms with E-state index in [-0.39, 0.29) is 0 Å². The van der Waals surface area contributed by atoms with E-state index in [4.69, 9.17) is 0 Å². The van der Waals surface area contributed by atoms with Gasteiger partial charge in [0.15, 0.2) is 6.23 Å². The minimum absolute atomic E-state index is 0.733. The van der Waals surface area contributed by atoms with Gasteiger partial charge < -0.3 is 10.4 Å². The van der Waals surface area contributed by atoms with Crippen LogP contribution in [0.5, 0.6) is 0 Å². The van der Waals surface area contributed by atoms with Crippen LogP contribution in [0, 0.1) is 0 Å². The number of aliphatic hydroxyl groups excluding tert-OH is 1. The van der Waals surface area contributed by atoms with Crippen molar-refractivity contribution >= 4 is 17.3 Å². The Hall–Kier alpha value is -2.85. The topological polar surface area (TPSA) is 50.1 Å².